The van der Waals surface area contributed by atoms with Gasteiger partial charge in [-0.3, -0.25) is 4.79 Å². The predicted octanol–water partition coefficient (Wildman–Crippen LogP) is 2.16. The fraction of sp³-hybridized carbons (Fsp3) is 0.500. The summed E-state index contributed by atoms with van der Waals surface area (Å²) in [4.78, 5) is 13.3. The summed E-state index contributed by atoms with van der Waals surface area (Å²) >= 11 is 0. The van der Waals surface area contributed by atoms with Crippen LogP contribution in [-0.2, 0) is 11.2 Å². The molecule has 1 heterocycles. The SMILES string of the molecule is CN1CCCC(C(=O)O)C1Cc1cccc(F)c1. The van der Waals surface area contributed by atoms with Crippen molar-refractivity contribution in [2.75, 3.05) is 13.6 Å². The van der Waals surface area contributed by atoms with E-state index in [1.165, 1.54) is 12.1 Å². The van der Waals surface area contributed by atoms with E-state index in [1.807, 2.05) is 13.1 Å². The minimum Gasteiger partial charge on any atom is -0.481 e. The van der Waals surface area contributed by atoms with E-state index in [1.54, 1.807) is 6.07 Å². The maximum atomic E-state index is 13.1. The molecule has 98 valence electrons. The lowest BCUT2D eigenvalue weighted by molar-refractivity contribution is -0.145. The first kappa shape index (κ1) is 13.0. The quantitative estimate of drug-likeness (QED) is 0.895. The molecule has 0 bridgehead atoms. The molecule has 1 aromatic rings. The molecule has 1 saturated heterocycles. The number of hydrogen-bond donors (Lipinski definition) is 1. The molecule has 2 rings (SSSR count). The highest BCUT2D eigenvalue weighted by Crippen LogP contribution is 2.25. The summed E-state index contributed by atoms with van der Waals surface area (Å²) in [5.74, 6) is -1.37. The number of aliphatic carboxylic acids is 1. The molecule has 0 radical (unpaired) electrons. The van der Waals surface area contributed by atoms with Crippen LogP contribution in [0.5, 0.6) is 0 Å². The molecule has 1 fully saturated rings. The third-order valence-electron chi connectivity index (χ3n) is 3.71. The first-order chi connectivity index (χ1) is 8.58. The van der Waals surface area contributed by atoms with Gasteiger partial charge in [0.15, 0.2) is 0 Å². The summed E-state index contributed by atoms with van der Waals surface area (Å²) in [5, 5.41) is 9.26. The van der Waals surface area contributed by atoms with Crippen LogP contribution in [0, 0.1) is 11.7 Å². The number of rotatable bonds is 3. The second-order valence-corrected chi connectivity index (χ2v) is 4.97. The molecule has 1 aromatic carbocycles. The van der Waals surface area contributed by atoms with E-state index in [-0.39, 0.29) is 17.8 Å². The molecule has 0 aromatic heterocycles. The van der Waals surface area contributed by atoms with Crippen LogP contribution in [0.4, 0.5) is 4.39 Å². The summed E-state index contributed by atoms with van der Waals surface area (Å²) in [6.07, 6.45) is 2.21. The van der Waals surface area contributed by atoms with Gasteiger partial charge in [-0.1, -0.05) is 12.1 Å². The first-order valence-corrected chi connectivity index (χ1v) is 6.25. The van der Waals surface area contributed by atoms with E-state index in [0.717, 1.165) is 18.5 Å². The second kappa shape index (κ2) is 5.48. The highest BCUT2D eigenvalue weighted by molar-refractivity contribution is 5.71. The van der Waals surface area contributed by atoms with Crippen LogP contribution in [0.3, 0.4) is 0 Å². The highest BCUT2D eigenvalue weighted by Gasteiger charge is 2.34. The number of halogens is 1. The zero-order chi connectivity index (χ0) is 13.1. The number of likely N-dealkylation sites (N-methyl/N-ethyl adjacent to an activating group) is 1. The van der Waals surface area contributed by atoms with Gasteiger partial charge in [0.25, 0.3) is 0 Å². The van der Waals surface area contributed by atoms with Crippen LogP contribution in [-0.4, -0.2) is 35.6 Å². The van der Waals surface area contributed by atoms with E-state index in [4.69, 9.17) is 0 Å². The Morgan fingerprint density at radius 3 is 3.00 bits per heavy atom. The molecule has 1 N–H and O–H groups in total. The summed E-state index contributed by atoms with van der Waals surface area (Å²) in [6.45, 7) is 0.907. The monoisotopic (exact) mass is 251 g/mol. The number of carboxylic acid groups (broad SMARTS) is 1. The van der Waals surface area contributed by atoms with Crippen LogP contribution in [0.15, 0.2) is 24.3 Å². The fourth-order valence-electron chi connectivity index (χ4n) is 2.72. The Labute approximate surface area is 106 Å². The van der Waals surface area contributed by atoms with Crippen molar-refractivity contribution in [1.82, 2.24) is 4.90 Å². The zero-order valence-corrected chi connectivity index (χ0v) is 10.5. The lowest BCUT2D eigenvalue weighted by Crippen LogP contribution is -2.47. The molecule has 18 heavy (non-hydrogen) atoms. The van der Waals surface area contributed by atoms with Crippen molar-refractivity contribution < 1.29 is 14.3 Å². The summed E-state index contributed by atoms with van der Waals surface area (Å²) in [7, 11) is 1.94. The van der Waals surface area contributed by atoms with Crippen LogP contribution in [0.1, 0.15) is 18.4 Å². The number of hydrogen-bond acceptors (Lipinski definition) is 2. The molecule has 2 atom stereocenters. The van der Waals surface area contributed by atoms with Crippen LogP contribution in [0.25, 0.3) is 0 Å². The van der Waals surface area contributed by atoms with Crippen molar-refractivity contribution in [2.45, 2.75) is 25.3 Å². The molecular weight excluding hydrogens is 233 g/mol. The Hall–Kier alpha value is -1.42. The molecule has 4 heteroatoms. The highest BCUT2D eigenvalue weighted by atomic mass is 19.1. The van der Waals surface area contributed by atoms with Gasteiger partial charge in [-0.25, -0.2) is 4.39 Å². The van der Waals surface area contributed by atoms with Gasteiger partial charge in [0.05, 0.1) is 5.92 Å². The van der Waals surface area contributed by atoms with Gasteiger partial charge in [0.2, 0.25) is 0 Å². The Balaban J connectivity index is 2.15. The fourth-order valence-corrected chi connectivity index (χ4v) is 2.72. The van der Waals surface area contributed by atoms with Gasteiger partial charge in [0.1, 0.15) is 5.82 Å². The van der Waals surface area contributed by atoms with Crippen molar-refractivity contribution in [1.29, 1.82) is 0 Å². The minimum atomic E-state index is -0.747. The Morgan fingerprint density at radius 2 is 2.33 bits per heavy atom. The molecule has 0 saturated carbocycles. The van der Waals surface area contributed by atoms with E-state index < -0.39 is 5.97 Å². The van der Waals surface area contributed by atoms with Gasteiger partial charge in [-0.2, -0.15) is 0 Å². The van der Waals surface area contributed by atoms with Crippen LogP contribution < -0.4 is 0 Å². The lowest BCUT2D eigenvalue weighted by Gasteiger charge is -2.37. The normalized spacial score (nSPS) is 25.0. The topological polar surface area (TPSA) is 40.5 Å². The number of carbonyl (C=O) groups is 1. The molecule has 2 unspecified atom stereocenters. The number of benzene rings is 1. The van der Waals surface area contributed by atoms with Gasteiger partial charge < -0.3 is 10.0 Å². The summed E-state index contributed by atoms with van der Waals surface area (Å²) < 4.78 is 13.1. The Morgan fingerprint density at radius 1 is 1.56 bits per heavy atom. The molecule has 3 nitrogen and oxygen atoms in total. The van der Waals surface area contributed by atoms with Crippen LogP contribution >= 0.6 is 0 Å². The van der Waals surface area contributed by atoms with Gasteiger partial charge in [-0.05, 0) is 50.6 Å². The van der Waals surface area contributed by atoms with Crippen molar-refractivity contribution in [3.8, 4) is 0 Å². The van der Waals surface area contributed by atoms with Crippen molar-refractivity contribution in [2.24, 2.45) is 5.92 Å². The largest absolute Gasteiger partial charge is 0.481 e. The third-order valence-corrected chi connectivity index (χ3v) is 3.71. The maximum Gasteiger partial charge on any atom is 0.308 e. The van der Waals surface area contributed by atoms with Gasteiger partial charge in [-0.15, -0.1) is 0 Å². The smallest absolute Gasteiger partial charge is 0.308 e. The minimum absolute atomic E-state index is 0.0435. The van der Waals surface area contributed by atoms with Crippen LogP contribution in [0.2, 0.25) is 0 Å². The first-order valence-electron chi connectivity index (χ1n) is 6.25. The maximum absolute atomic E-state index is 13.1. The molecule has 1 aliphatic rings. The average molecular weight is 251 g/mol. The van der Waals surface area contributed by atoms with E-state index >= 15 is 0 Å². The average Bonchev–Trinajstić information content (AvgIpc) is 2.31. The van der Waals surface area contributed by atoms with Crippen molar-refractivity contribution >= 4 is 5.97 Å². The molecule has 0 spiro atoms. The van der Waals surface area contributed by atoms with E-state index in [9.17, 15) is 14.3 Å². The van der Waals surface area contributed by atoms with Gasteiger partial charge in [0, 0.05) is 6.04 Å². The van der Waals surface area contributed by atoms with Gasteiger partial charge >= 0.3 is 5.97 Å². The van der Waals surface area contributed by atoms with Crippen molar-refractivity contribution in [3.63, 3.8) is 0 Å². The number of piperidine rings is 1. The zero-order valence-electron chi connectivity index (χ0n) is 10.5. The second-order valence-electron chi connectivity index (χ2n) is 4.97. The molecule has 0 amide bonds. The van der Waals surface area contributed by atoms with E-state index in [0.29, 0.717) is 12.8 Å². The third kappa shape index (κ3) is 2.88. The standard InChI is InChI=1S/C14H18FNO2/c1-16-7-3-6-12(14(17)18)13(16)9-10-4-2-5-11(15)8-10/h2,4-5,8,12-13H,3,6-7,9H2,1H3,(H,17,18). The van der Waals surface area contributed by atoms with E-state index in [2.05, 4.69) is 4.90 Å². The number of nitrogens with zero attached hydrogens (tertiary/aromatic N) is 1. The van der Waals surface area contributed by atoms with Crippen molar-refractivity contribution in [3.05, 3.63) is 35.6 Å². The number of likely N-dealkylation sites (tertiary alicyclic amines) is 1. The summed E-state index contributed by atoms with van der Waals surface area (Å²) in [5.41, 5.74) is 0.861. The summed E-state index contributed by atoms with van der Waals surface area (Å²) in [6, 6.07) is 6.37. The predicted molar refractivity (Wildman–Crippen MR) is 66.9 cm³/mol. The Kier molecular flexibility index (Phi) is 3.97. The lowest BCUT2D eigenvalue weighted by atomic mass is 9.85. The molecule has 0 aliphatic carbocycles. The Bertz CT molecular complexity index is 436. The molecule has 1 aliphatic heterocycles. The number of carboxylic acids is 1. The molecular formula is C14H18FNO2.